The van der Waals surface area contributed by atoms with Gasteiger partial charge in [0.05, 0.1) is 4.92 Å². The highest BCUT2D eigenvalue weighted by molar-refractivity contribution is 7.20. The molecular formula is C20H16N2O5S. The fraction of sp³-hybridized carbons (Fsp3) is 0.200. The smallest absolute Gasteiger partial charge is 0.348 e. The molecule has 0 atom stereocenters. The zero-order valence-electron chi connectivity index (χ0n) is 14.8. The Hall–Kier alpha value is -3.26. The molecule has 3 aromatic rings. The summed E-state index contributed by atoms with van der Waals surface area (Å²) < 4.78 is 5.93. The highest BCUT2D eigenvalue weighted by Crippen LogP contribution is 2.29. The van der Waals surface area contributed by atoms with Crippen molar-refractivity contribution in [2.45, 2.75) is 13.0 Å². The third kappa shape index (κ3) is 3.59. The number of ether oxygens (including phenoxy) is 1. The van der Waals surface area contributed by atoms with Crippen molar-refractivity contribution in [3.63, 3.8) is 0 Å². The Morgan fingerprint density at radius 1 is 1.14 bits per heavy atom. The van der Waals surface area contributed by atoms with Crippen molar-refractivity contribution in [1.29, 1.82) is 0 Å². The van der Waals surface area contributed by atoms with Crippen LogP contribution in [0.25, 0.3) is 10.1 Å². The van der Waals surface area contributed by atoms with Gasteiger partial charge in [-0.25, -0.2) is 4.79 Å². The van der Waals surface area contributed by atoms with Gasteiger partial charge in [0.2, 0.25) is 0 Å². The molecule has 28 heavy (non-hydrogen) atoms. The van der Waals surface area contributed by atoms with Gasteiger partial charge >= 0.3 is 5.97 Å². The summed E-state index contributed by atoms with van der Waals surface area (Å²) in [6.45, 7) is 0.786. The first-order valence-electron chi connectivity index (χ1n) is 8.71. The van der Waals surface area contributed by atoms with Gasteiger partial charge in [0, 0.05) is 35.3 Å². The molecule has 2 aromatic carbocycles. The fourth-order valence-electron chi connectivity index (χ4n) is 3.24. The van der Waals surface area contributed by atoms with Gasteiger partial charge in [0.1, 0.15) is 4.88 Å². The molecule has 0 fully saturated rings. The van der Waals surface area contributed by atoms with E-state index in [1.807, 2.05) is 18.2 Å². The van der Waals surface area contributed by atoms with Crippen LogP contribution < -0.4 is 0 Å². The molecule has 1 aromatic heterocycles. The summed E-state index contributed by atoms with van der Waals surface area (Å²) >= 11 is 1.18. The van der Waals surface area contributed by atoms with Crippen molar-refractivity contribution < 1.29 is 19.2 Å². The van der Waals surface area contributed by atoms with Crippen LogP contribution in [0, 0.1) is 10.1 Å². The summed E-state index contributed by atoms with van der Waals surface area (Å²) in [5.74, 6) is -0.839. The molecule has 1 aliphatic heterocycles. The van der Waals surface area contributed by atoms with Gasteiger partial charge in [0.25, 0.3) is 11.6 Å². The Morgan fingerprint density at radius 3 is 2.71 bits per heavy atom. The van der Waals surface area contributed by atoms with Crippen LogP contribution in [0.1, 0.15) is 20.8 Å². The normalized spacial score (nSPS) is 13.2. The molecule has 0 N–H and O–H groups in total. The SMILES string of the molecule is O=C(OCC(=O)N1CCc2ccccc2C1)c1cc2cc([N+](=O)[O-])ccc2s1. The molecule has 0 saturated carbocycles. The number of fused-ring (bicyclic) bond motifs is 2. The molecule has 0 radical (unpaired) electrons. The topological polar surface area (TPSA) is 89.8 Å². The maximum absolute atomic E-state index is 12.4. The third-order valence-corrected chi connectivity index (χ3v) is 5.82. The van der Waals surface area contributed by atoms with Crippen LogP contribution in [0.2, 0.25) is 0 Å². The van der Waals surface area contributed by atoms with E-state index >= 15 is 0 Å². The van der Waals surface area contributed by atoms with Crippen molar-refractivity contribution in [3.05, 3.63) is 74.6 Å². The van der Waals surface area contributed by atoms with E-state index in [1.165, 1.54) is 29.0 Å². The maximum atomic E-state index is 12.4. The number of benzene rings is 2. The van der Waals surface area contributed by atoms with Gasteiger partial charge in [-0.1, -0.05) is 24.3 Å². The number of nitro benzene ring substituents is 1. The second-order valence-electron chi connectivity index (χ2n) is 6.50. The van der Waals surface area contributed by atoms with E-state index in [-0.39, 0.29) is 18.2 Å². The molecule has 0 spiro atoms. The van der Waals surface area contributed by atoms with Crippen molar-refractivity contribution in [2.24, 2.45) is 0 Å². The van der Waals surface area contributed by atoms with Gasteiger partial charge in [-0.3, -0.25) is 14.9 Å². The highest BCUT2D eigenvalue weighted by atomic mass is 32.1. The van der Waals surface area contributed by atoms with Crippen molar-refractivity contribution >= 4 is 39.0 Å². The monoisotopic (exact) mass is 396 g/mol. The van der Waals surface area contributed by atoms with E-state index in [0.717, 1.165) is 16.7 Å². The quantitative estimate of drug-likeness (QED) is 0.382. The van der Waals surface area contributed by atoms with Gasteiger partial charge in [-0.05, 0) is 29.7 Å². The Labute approximate surface area is 164 Å². The summed E-state index contributed by atoms with van der Waals surface area (Å²) in [7, 11) is 0. The molecule has 0 aliphatic carbocycles. The summed E-state index contributed by atoms with van der Waals surface area (Å²) in [6, 6.07) is 13.9. The van der Waals surface area contributed by atoms with Crippen LogP contribution in [0.3, 0.4) is 0 Å². The number of carbonyl (C=O) groups excluding carboxylic acids is 2. The number of esters is 1. The first-order chi connectivity index (χ1) is 13.5. The minimum Gasteiger partial charge on any atom is -0.451 e. The minimum absolute atomic E-state index is 0.0363. The van der Waals surface area contributed by atoms with Crippen LogP contribution in [-0.4, -0.2) is 34.9 Å². The van der Waals surface area contributed by atoms with E-state index in [0.29, 0.717) is 23.4 Å². The Kier molecular flexibility index (Phi) is 4.79. The average Bonchev–Trinajstić information content (AvgIpc) is 3.14. The van der Waals surface area contributed by atoms with E-state index in [1.54, 1.807) is 17.0 Å². The lowest BCUT2D eigenvalue weighted by atomic mass is 10.00. The number of hydrogen-bond acceptors (Lipinski definition) is 6. The van der Waals surface area contributed by atoms with Crippen LogP contribution in [0.4, 0.5) is 5.69 Å². The van der Waals surface area contributed by atoms with Crippen molar-refractivity contribution in [1.82, 2.24) is 4.90 Å². The van der Waals surface area contributed by atoms with Gasteiger partial charge in [-0.2, -0.15) is 0 Å². The Bertz CT molecular complexity index is 1090. The lowest BCUT2D eigenvalue weighted by molar-refractivity contribution is -0.384. The molecule has 0 bridgehead atoms. The molecule has 142 valence electrons. The number of thiophene rings is 1. The second kappa shape index (κ2) is 7.40. The van der Waals surface area contributed by atoms with E-state index in [2.05, 4.69) is 6.07 Å². The predicted octanol–water partition coefficient (Wildman–Crippen LogP) is 3.55. The third-order valence-electron chi connectivity index (χ3n) is 4.72. The number of hydrogen-bond donors (Lipinski definition) is 0. The molecule has 4 rings (SSSR count). The lowest BCUT2D eigenvalue weighted by Crippen LogP contribution is -2.38. The summed E-state index contributed by atoms with van der Waals surface area (Å²) in [6.07, 6.45) is 0.783. The average molecular weight is 396 g/mol. The molecule has 0 saturated heterocycles. The first kappa shape index (κ1) is 18.1. The highest BCUT2D eigenvalue weighted by Gasteiger charge is 2.22. The fourth-order valence-corrected chi connectivity index (χ4v) is 4.18. The number of non-ortho nitro benzene ring substituents is 1. The summed E-state index contributed by atoms with van der Waals surface area (Å²) in [5, 5.41) is 11.5. The predicted molar refractivity (Wildman–Crippen MR) is 104 cm³/mol. The zero-order chi connectivity index (χ0) is 19.7. The summed E-state index contributed by atoms with van der Waals surface area (Å²) in [4.78, 5) is 37.1. The van der Waals surface area contributed by atoms with E-state index in [9.17, 15) is 19.7 Å². The van der Waals surface area contributed by atoms with Crippen molar-refractivity contribution in [2.75, 3.05) is 13.2 Å². The molecule has 7 nitrogen and oxygen atoms in total. The van der Waals surface area contributed by atoms with Crippen LogP contribution in [0.15, 0.2) is 48.5 Å². The molecule has 1 aliphatic rings. The van der Waals surface area contributed by atoms with Gasteiger partial charge in [0.15, 0.2) is 6.61 Å². The molecular weight excluding hydrogens is 380 g/mol. The molecule has 1 amide bonds. The van der Waals surface area contributed by atoms with Crippen LogP contribution >= 0.6 is 11.3 Å². The van der Waals surface area contributed by atoms with E-state index < -0.39 is 10.9 Å². The molecule has 2 heterocycles. The largest absolute Gasteiger partial charge is 0.451 e. The number of carbonyl (C=O) groups is 2. The zero-order valence-corrected chi connectivity index (χ0v) is 15.6. The van der Waals surface area contributed by atoms with Crippen LogP contribution in [0.5, 0.6) is 0 Å². The number of nitrogens with zero attached hydrogens (tertiary/aromatic N) is 2. The minimum atomic E-state index is -0.602. The van der Waals surface area contributed by atoms with E-state index in [4.69, 9.17) is 4.74 Å². The maximum Gasteiger partial charge on any atom is 0.348 e. The Morgan fingerprint density at radius 2 is 1.93 bits per heavy atom. The van der Waals surface area contributed by atoms with Crippen LogP contribution in [-0.2, 0) is 22.5 Å². The van der Waals surface area contributed by atoms with Gasteiger partial charge < -0.3 is 9.64 Å². The Balaban J connectivity index is 1.39. The lowest BCUT2D eigenvalue weighted by Gasteiger charge is -2.28. The molecule has 8 heteroatoms. The van der Waals surface area contributed by atoms with Crippen molar-refractivity contribution in [3.8, 4) is 0 Å². The second-order valence-corrected chi connectivity index (χ2v) is 7.58. The first-order valence-corrected chi connectivity index (χ1v) is 9.52. The standard InChI is InChI=1S/C20H16N2O5S/c23-19(21-8-7-13-3-1-2-4-14(13)11-21)12-27-20(24)18-10-15-9-16(22(25)26)5-6-17(15)28-18/h1-6,9-10H,7-8,11-12H2. The summed E-state index contributed by atoms with van der Waals surface area (Å²) in [5.41, 5.74) is 2.31. The van der Waals surface area contributed by atoms with Gasteiger partial charge in [-0.15, -0.1) is 11.3 Å². The number of rotatable bonds is 4. The number of nitro groups is 1. The number of amides is 1. The molecule has 0 unspecified atom stereocenters.